The van der Waals surface area contributed by atoms with E-state index in [1.807, 2.05) is 0 Å². The summed E-state index contributed by atoms with van der Waals surface area (Å²) in [6.07, 6.45) is -5.23. The minimum atomic E-state index is -4.22. The van der Waals surface area contributed by atoms with E-state index < -0.39 is 28.7 Å². The zero-order valence-corrected chi connectivity index (χ0v) is 16.0. The fourth-order valence-corrected chi connectivity index (χ4v) is 4.90. The van der Waals surface area contributed by atoms with Crippen molar-refractivity contribution in [3.8, 4) is 0 Å². The van der Waals surface area contributed by atoms with Gasteiger partial charge in [-0.15, -0.1) is 0 Å². The normalized spacial score (nSPS) is 18.6. The standard InChI is InChI=1S/C18H18ClF3N2O2S/c1-24-15-6-3-2-5-13(15)17(23-10-4-9-18(20,21)22)14-8-7-12(19)11-16(14)27(24,25)26/h2-3,5-8,11,17,23H,4,9-10H2,1H3. The number of alkyl halides is 3. The molecule has 0 aliphatic carbocycles. The first-order valence-electron chi connectivity index (χ1n) is 8.29. The highest BCUT2D eigenvalue weighted by molar-refractivity contribution is 7.92. The van der Waals surface area contributed by atoms with Crippen LogP contribution in [0.1, 0.15) is 30.0 Å². The van der Waals surface area contributed by atoms with Gasteiger partial charge in [0.2, 0.25) is 0 Å². The van der Waals surface area contributed by atoms with Crippen LogP contribution in [-0.2, 0) is 10.0 Å². The van der Waals surface area contributed by atoms with Gasteiger partial charge in [-0.2, -0.15) is 13.2 Å². The second kappa shape index (κ2) is 7.33. The third-order valence-corrected chi connectivity index (χ3v) is 6.56. The number of hydrogen-bond acceptors (Lipinski definition) is 3. The van der Waals surface area contributed by atoms with Crippen molar-refractivity contribution in [1.29, 1.82) is 0 Å². The van der Waals surface area contributed by atoms with Crippen molar-refractivity contribution < 1.29 is 21.6 Å². The fourth-order valence-electron chi connectivity index (χ4n) is 3.19. The molecule has 0 radical (unpaired) electrons. The number of hydrogen-bond donors (Lipinski definition) is 1. The lowest BCUT2D eigenvalue weighted by Crippen LogP contribution is -2.26. The second-order valence-electron chi connectivity index (χ2n) is 6.32. The summed E-state index contributed by atoms with van der Waals surface area (Å²) >= 11 is 6.01. The third-order valence-electron chi connectivity index (χ3n) is 4.50. The molecule has 1 unspecified atom stereocenters. The van der Waals surface area contributed by atoms with Gasteiger partial charge >= 0.3 is 6.18 Å². The molecule has 0 saturated carbocycles. The molecule has 0 fully saturated rings. The molecule has 3 rings (SSSR count). The maximum atomic E-state index is 13.0. The summed E-state index contributed by atoms with van der Waals surface area (Å²) in [5.41, 5.74) is 1.61. The number of fused-ring (bicyclic) bond motifs is 2. The molecule has 1 heterocycles. The summed E-state index contributed by atoms with van der Waals surface area (Å²) in [4.78, 5) is 0.0435. The van der Waals surface area contributed by atoms with Gasteiger partial charge in [0.05, 0.1) is 16.6 Å². The lowest BCUT2D eigenvalue weighted by molar-refractivity contribution is -0.135. The van der Waals surface area contributed by atoms with Crippen LogP contribution in [0.3, 0.4) is 0 Å². The molecule has 0 bridgehead atoms. The first-order chi connectivity index (χ1) is 12.6. The Morgan fingerprint density at radius 2 is 1.85 bits per heavy atom. The molecule has 1 aliphatic heterocycles. The lowest BCUT2D eigenvalue weighted by Gasteiger charge is -2.22. The minimum absolute atomic E-state index is 0.0435. The summed E-state index contributed by atoms with van der Waals surface area (Å²) < 4.78 is 64.5. The van der Waals surface area contributed by atoms with E-state index in [1.165, 1.54) is 17.4 Å². The van der Waals surface area contributed by atoms with Crippen LogP contribution >= 0.6 is 11.6 Å². The Bertz CT molecular complexity index is 948. The van der Waals surface area contributed by atoms with Crippen LogP contribution in [0.2, 0.25) is 5.02 Å². The van der Waals surface area contributed by atoms with Gasteiger partial charge < -0.3 is 5.32 Å². The van der Waals surface area contributed by atoms with Crippen molar-refractivity contribution in [2.75, 3.05) is 17.9 Å². The van der Waals surface area contributed by atoms with E-state index in [4.69, 9.17) is 11.6 Å². The zero-order valence-electron chi connectivity index (χ0n) is 14.4. The number of nitrogens with zero attached hydrogens (tertiary/aromatic N) is 1. The molecule has 4 nitrogen and oxygen atoms in total. The molecule has 2 aromatic rings. The van der Waals surface area contributed by atoms with Gasteiger partial charge in [0.15, 0.2) is 0 Å². The first kappa shape index (κ1) is 20.0. The molecule has 146 valence electrons. The quantitative estimate of drug-likeness (QED) is 0.744. The highest BCUT2D eigenvalue weighted by atomic mass is 35.5. The number of para-hydroxylation sites is 1. The van der Waals surface area contributed by atoms with Crippen molar-refractivity contribution >= 4 is 27.3 Å². The maximum Gasteiger partial charge on any atom is 0.389 e. The van der Waals surface area contributed by atoms with Gasteiger partial charge in [0, 0.05) is 18.5 Å². The molecular weight excluding hydrogens is 401 g/mol. The van der Waals surface area contributed by atoms with Crippen LogP contribution in [0, 0.1) is 0 Å². The largest absolute Gasteiger partial charge is 0.389 e. The molecular formula is C18H18ClF3N2O2S. The number of benzene rings is 2. The Morgan fingerprint density at radius 3 is 2.56 bits per heavy atom. The molecule has 2 aromatic carbocycles. The molecule has 1 N–H and O–H groups in total. The Kier molecular flexibility index (Phi) is 5.42. The van der Waals surface area contributed by atoms with Gasteiger partial charge in [-0.05, 0) is 42.3 Å². The molecule has 0 spiro atoms. The first-order valence-corrected chi connectivity index (χ1v) is 10.1. The van der Waals surface area contributed by atoms with Crippen molar-refractivity contribution in [3.63, 3.8) is 0 Å². The zero-order chi connectivity index (χ0) is 19.8. The summed E-state index contributed by atoms with van der Waals surface area (Å²) in [5.74, 6) is 0. The topological polar surface area (TPSA) is 49.4 Å². The lowest BCUT2D eigenvalue weighted by atomic mass is 9.96. The Hall–Kier alpha value is -1.77. The summed E-state index contributed by atoms with van der Waals surface area (Å²) in [7, 11) is -2.40. The van der Waals surface area contributed by atoms with Crippen molar-refractivity contribution in [1.82, 2.24) is 5.32 Å². The van der Waals surface area contributed by atoms with Gasteiger partial charge in [-0.3, -0.25) is 4.31 Å². The summed E-state index contributed by atoms with van der Waals surface area (Å²) in [6.45, 7) is 0.0876. The van der Waals surface area contributed by atoms with Crippen LogP contribution in [0.25, 0.3) is 0 Å². The number of rotatable bonds is 4. The number of anilines is 1. The van der Waals surface area contributed by atoms with Gasteiger partial charge in [-0.25, -0.2) is 8.42 Å². The molecule has 0 saturated heterocycles. The molecule has 1 aliphatic rings. The minimum Gasteiger partial charge on any atom is -0.306 e. The molecule has 1 atom stereocenters. The van der Waals surface area contributed by atoms with Crippen LogP contribution in [0.5, 0.6) is 0 Å². The van der Waals surface area contributed by atoms with Gasteiger partial charge in [-0.1, -0.05) is 35.9 Å². The number of nitrogens with one attached hydrogen (secondary N) is 1. The highest BCUT2D eigenvalue weighted by Gasteiger charge is 2.35. The van der Waals surface area contributed by atoms with E-state index in [0.29, 0.717) is 16.8 Å². The smallest absolute Gasteiger partial charge is 0.306 e. The Labute approximate surface area is 161 Å². The van der Waals surface area contributed by atoms with Crippen molar-refractivity contribution in [2.45, 2.75) is 30.0 Å². The van der Waals surface area contributed by atoms with E-state index in [-0.39, 0.29) is 22.9 Å². The Balaban J connectivity index is 2.05. The highest BCUT2D eigenvalue weighted by Crippen LogP contribution is 2.40. The van der Waals surface area contributed by atoms with Crippen molar-refractivity contribution in [2.24, 2.45) is 0 Å². The predicted octanol–water partition coefficient (Wildman–Crippen LogP) is 4.50. The fraction of sp³-hybridized carbons (Fsp3) is 0.333. The maximum absolute atomic E-state index is 13.0. The predicted molar refractivity (Wildman–Crippen MR) is 98.6 cm³/mol. The van der Waals surface area contributed by atoms with Crippen LogP contribution in [-0.4, -0.2) is 28.2 Å². The van der Waals surface area contributed by atoms with E-state index in [0.717, 1.165) is 0 Å². The SMILES string of the molecule is CN1c2ccccc2C(NCCCC(F)(F)F)c2ccc(Cl)cc2S1(=O)=O. The van der Waals surface area contributed by atoms with Crippen molar-refractivity contribution in [3.05, 3.63) is 58.6 Å². The average molecular weight is 419 g/mol. The number of sulfonamides is 1. The molecule has 0 amide bonds. The molecule has 27 heavy (non-hydrogen) atoms. The van der Waals surface area contributed by atoms with E-state index >= 15 is 0 Å². The van der Waals surface area contributed by atoms with Gasteiger partial charge in [0.1, 0.15) is 0 Å². The molecule has 0 aromatic heterocycles. The van der Waals surface area contributed by atoms with Crippen LogP contribution in [0.4, 0.5) is 18.9 Å². The monoisotopic (exact) mass is 418 g/mol. The van der Waals surface area contributed by atoms with Crippen LogP contribution < -0.4 is 9.62 Å². The molecule has 9 heteroatoms. The van der Waals surface area contributed by atoms with E-state index in [2.05, 4.69) is 5.32 Å². The summed E-state index contributed by atoms with van der Waals surface area (Å²) in [5, 5.41) is 3.36. The van der Waals surface area contributed by atoms with Gasteiger partial charge in [0.25, 0.3) is 10.0 Å². The van der Waals surface area contributed by atoms with E-state index in [9.17, 15) is 21.6 Å². The second-order valence-corrected chi connectivity index (χ2v) is 8.69. The van der Waals surface area contributed by atoms with E-state index in [1.54, 1.807) is 36.4 Å². The Morgan fingerprint density at radius 1 is 1.15 bits per heavy atom. The number of halogens is 4. The average Bonchev–Trinajstić information content (AvgIpc) is 2.66. The summed E-state index contributed by atoms with van der Waals surface area (Å²) in [6, 6.07) is 10.9. The third kappa shape index (κ3) is 4.07. The van der Waals surface area contributed by atoms with Crippen LogP contribution in [0.15, 0.2) is 47.4 Å².